The Morgan fingerprint density at radius 3 is 2.00 bits per heavy atom. The molecule has 172 valence electrons. The predicted octanol–water partition coefficient (Wildman–Crippen LogP) is 3.30. The lowest BCUT2D eigenvalue weighted by Gasteiger charge is -2.57. The highest BCUT2D eigenvalue weighted by Gasteiger charge is 2.52. The van der Waals surface area contributed by atoms with Crippen molar-refractivity contribution in [3.8, 4) is 0 Å². The van der Waals surface area contributed by atoms with E-state index in [0.717, 1.165) is 68.5 Å². The Kier molecular flexibility index (Phi) is 5.26. The van der Waals surface area contributed by atoms with E-state index in [4.69, 9.17) is 4.74 Å². The zero-order valence-electron chi connectivity index (χ0n) is 19.0. The molecule has 0 N–H and O–H groups in total. The summed E-state index contributed by atoms with van der Waals surface area (Å²) in [4.78, 5) is 32.8. The molecule has 6 nitrogen and oxygen atoms in total. The van der Waals surface area contributed by atoms with E-state index in [0.29, 0.717) is 6.54 Å². The van der Waals surface area contributed by atoms with Crippen molar-refractivity contribution in [1.82, 2.24) is 4.90 Å². The summed E-state index contributed by atoms with van der Waals surface area (Å²) in [5.74, 6) is 2.47. The van der Waals surface area contributed by atoms with Gasteiger partial charge in [-0.3, -0.25) is 14.5 Å². The third kappa shape index (κ3) is 3.75. The quantitative estimate of drug-likeness (QED) is 0.664. The van der Waals surface area contributed by atoms with Crippen molar-refractivity contribution >= 4 is 23.2 Å². The Balaban J connectivity index is 1.27. The summed E-state index contributed by atoms with van der Waals surface area (Å²) in [7, 11) is 0. The number of carbonyl (C=O) groups is 2. The third-order valence-electron chi connectivity index (χ3n) is 8.77. The molecule has 6 heteroatoms. The standard InChI is InChI=1S/C26H35N3O3/c30-24-14-25(31)29(18-26-15-19-11-20(16-26)13-21(12-19)17-26)23-4-2-1-3-22(23)28(24)6-5-27-7-9-32-10-8-27/h1-4,19-21H,5-18H2. The van der Waals surface area contributed by atoms with Crippen molar-refractivity contribution in [2.45, 2.75) is 44.9 Å². The van der Waals surface area contributed by atoms with Crippen LogP contribution in [0.15, 0.2) is 24.3 Å². The molecule has 0 atom stereocenters. The van der Waals surface area contributed by atoms with Crippen LogP contribution >= 0.6 is 0 Å². The molecule has 6 aliphatic rings. The fraction of sp³-hybridized carbons (Fsp3) is 0.692. The molecule has 7 rings (SSSR count). The van der Waals surface area contributed by atoms with Gasteiger partial charge in [0.15, 0.2) is 0 Å². The minimum atomic E-state index is -0.0660. The number of fused-ring (bicyclic) bond motifs is 1. The number of ether oxygens (including phenoxy) is 1. The summed E-state index contributed by atoms with van der Waals surface area (Å²) >= 11 is 0. The molecule has 2 amide bonds. The summed E-state index contributed by atoms with van der Waals surface area (Å²) in [6, 6.07) is 8.08. The first-order valence-corrected chi connectivity index (χ1v) is 12.6. The van der Waals surface area contributed by atoms with E-state index < -0.39 is 0 Å². The number of carbonyl (C=O) groups excluding carboxylic acids is 2. The Bertz CT molecular complexity index is 859. The fourth-order valence-corrected chi connectivity index (χ4v) is 7.81. The second-order valence-electron chi connectivity index (χ2n) is 11.1. The first-order valence-electron chi connectivity index (χ1n) is 12.6. The molecule has 4 aliphatic carbocycles. The van der Waals surface area contributed by atoms with Crippen molar-refractivity contribution < 1.29 is 14.3 Å². The molecule has 0 radical (unpaired) electrons. The van der Waals surface area contributed by atoms with Gasteiger partial charge in [-0.05, 0) is 73.8 Å². The highest BCUT2D eigenvalue weighted by Crippen LogP contribution is 2.60. The number of para-hydroxylation sites is 2. The van der Waals surface area contributed by atoms with Gasteiger partial charge in [-0.1, -0.05) is 12.1 Å². The van der Waals surface area contributed by atoms with Crippen LogP contribution in [0.25, 0.3) is 0 Å². The van der Waals surface area contributed by atoms with E-state index in [1.165, 1.54) is 38.5 Å². The van der Waals surface area contributed by atoms with Crippen molar-refractivity contribution in [3.63, 3.8) is 0 Å². The molecule has 2 heterocycles. The van der Waals surface area contributed by atoms with E-state index in [2.05, 4.69) is 4.90 Å². The molecule has 4 bridgehead atoms. The number of benzene rings is 1. The Labute approximate surface area is 190 Å². The summed E-state index contributed by atoms with van der Waals surface area (Å²) < 4.78 is 5.46. The highest BCUT2D eigenvalue weighted by atomic mass is 16.5. The van der Waals surface area contributed by atoms with Gasteiger partial charge in [0.1, 0.15) is 6.42 Å². The predicted molar refractivity (Wildman–Crippen MR) is 124 cm³/mol. The van der Waals surface area contributed by atoms with Crippen LogP contribution in [0, 0.1) is 23.2 Å². The molecule has 2 aliphatic heterocycles. The minimum absolute atomic E-state index is 0.0212. The average Bonchev–Trinajstić information content (AvgIpc) is 2.86. The summed E-state index contributed by atoms with van der Waals surface area (Å²) in [6.07, 6.45) is 7.97. The van der Waals surface area contributed by atoms with Crippen molar-refractivity contribution in [2.75, 3.05) is 55.7 Å². The highest BCUT2D eigenvalue weighted by molar-refractivity contribution is 6.15. The van der Waals surface area contributed by atoms with Crippen LogP contribution in [0.3, 0.4) is 0 Å². The molecule has 1 saturated heterocycles. The van der Waals surface area contributed by atoms with E-state index in [9.17, 15) is 9.59 Å². The second kappa shape index (κ2) is 8.14. The maximum Gasteiger partial charge on any atom is 0.236 e. The van der Waals surface area contributed by atoms with E-state index >= 15 is 0 Å². The fourth-order valence-electron chi connectivity index (χ4n) is 7.81. The van der Waals surface area contributed by atoms with Gasteiger partial charge in [-0.2, -0.15) is 0 Å². The Morgan fingerprint density at radius 2 is 1.38 bits per heavy atom. The molecule has 4 saturated carbocycles. The lowest BCUT2D eigenvalue weighted by molar-refractivity contribution is -0.127. The number of morpholine rings is 1. The van der Waals surface area contributed by atoms with Crippen molar-refractivity contribution in [2.24, 2.45) is 23.2 Å². The summed E-state index contributed by atoms with van der Waals surface area (Å²) in [6.45, 7) is 5.53. The largest absolute Gasteiger partial charge is 0.379 e. The first-order chi connectivity index (χ1) is 15.6. The van der Waals surface area contributed by atoms with Gasteiger partial charge >= 0.3 is 0 Å². The maximum atomic E-state index is 13.4. The molecular formula is C26H35N3O3. The number of hydrogen-bond acceptors (Lipinski definition) is 4. The van der Waals surface area contributed by atoms with Crippen molar-refractivity contribution in [3.05, 3.63) is 24.3 Å². The second-order valence-corrected chi connectivity index (χ2v) is 11.1. The summed E-state index contributed by atoms with van der Waals surface area (Å²) in [5.41, 5.74) is 2.09. The molecule has 0 aromatic heterocycles. The van der Waals surface area contributed by atoms with Crippen LogP contribution < -0.4 is 9.80 Å². The van der Waals surface area contributed by atoms with Crippen LogP contribution in [0.2, 0.25) is 0 Å². The smallest absolute Gasteiger partial charge is 0.236 e. The number of hydrogen-bond donors (Lipinski definition) is 0. The van der Waals surface area contributed by atoms with Gasteiger partial charge < -0.3 is 14.5 Å². The molecule has 0 unspecified atom stereocenters. The monoisotopic (exact) mass is 437 g/mol. The number of nitrogens with zero attached hydrogens (tertiary/aromatic N) is 3. The molecule has 1 aromatic carbocycles. The van der Waals surface area contributed by atoms with Gasteiger partial charge in [0, 0.05) is 32.7 Å². The minimum Gasteiger partial charge on any atom is -0.379 e. The third-order valence-corrected chi connectivity index (χ3v) is 8.77. The average molecular weight is 438 g/mol. The molecule has 32 heavy (non-hydrogen) atoms. The zero-order valence-corrected chi connectivity index (χ0v) is 19.0. The van der Waals surface area contributed by atoms with E-state index in [-0.39, 0.29) is 23.7 Å². The van der Waals surface area contributed by atoms with Gasteiger partial charge in [0.05, 0.1) is 24.6 Å². The SMILES string of the molecule is O=C1CC(=O)N(CC23CC4CC(CC(C4)C2)C3)c2ccccc2N1CCN1CCOCC1. The first kappa shape index (κ1) is 20.7. The lowest BCUT2D eigenvalue weighted by Crippen LogP contribution is -2.52. The van der Waals surface area contributed by atoms with Crippen LogP contribution in [0.1, 0.15) is 44.9 Å². The van der Waals surface area contributed by atoms with Crippen molar-refractivity contribution in [1.29, 1.82) is 0 Å². The molecule has 0 spiro atoms. The number of rotatable bonds is 5. The van der Waals surface area contributed by atoms with Crippen LogP contribution in [0.4, 0.5) is 11.4 Å². The molecule has 5 fully saturated rings. The maximum absolute atomic E-state index is 13.4. The topological polar surface area (TPSA) is 53.1 Å². The Hall–Kier alpha value is -1.92. The van der Waals surface area contributed by atoms with Gasteiger partial charge in [-0.15, -0.1) is 0 Å². The molecular weight excluding hydrogens is 402 g/mol. The van der Waals surface area contributed by atoms with Gasteiger partial charge in [0.25, 0.3) is 0 Å². The van der Waals surface area contributed by atoms with Gasteiger partial charge in [0.2, 0.25) is 11.8 Å². The van der Waals surface area contributed by atoms with E-state index in [1.807, 2.05) is 34.1 Å². The Morgan fingerprint density at radius 1 is 0.812 bits per heavy atom. The van der Waals surface area contributed by atoms with Gasteiger partial charge in [-0.25, -0.2) is 0 Å². The number of amides is 2. The number of anilines is 2. The lowest BCUT2D eigenvalue weighted by atomic mass is 9.49. The summed E-state index contributed by atoms with van der Waals surface area (Å²) in [5, 5.41) is 0. The zero-order chi connectivity index (χ0) is 21.7. The van der Waals surface area contributed by atoms with E-state index in [1.54, 1.807) is 0 Å². The normalized spacial score (nSPS) is 34.7. The van der Waals surface area contributed by atoms with Crippen LogP contribution in [0.5, 0.6) is 0 Å². The molecule has 1 aromatic rings. The van der Waals surface area contributed by atoms with Crippen LogP contribution in [-0.4, -0.2) is 62.7 Å². The van der Waals surface area contributed by atoms with Crippen LogP contribution in [-0.2, 0) is 14.3 Å².